The Morgan fingerprint density at radius 2 is 1.05 bits per heavy atom. The van der Waals surface area contributed by atoms with Crippen LogP contribution in [0, 0.1) is 0 Å². The maximum Gasteiger partial charge on any atom is 0.255 e. The Bertz CT molecular complexity index is 2130. The maximum absolute atomic E-state index is 4.62. The molecule has 4 heteroatoms. The van der Waals surface area contributed by atoms with Crippen molar-refractivity contribution in [3.8, 4) is 39.3 Å². The average molecular weight is 540 g/mol. The van der Waals surface area contributed by atoms with E-state index in [4.69, 9.17) is 0 Å². The molecule has 8 aromatic rings. The molecule has 198 valence electrons. The minimum Gasteiger partial charge on any atom is -0.299 e. The standard InChI is InChI=1S/C38H27N4/c1-3-13-28(14-4-1)32-19-12-20-33(29-15-5-2-6-16-29)38(32)42-27-41(36-23-9-10-24-37(36)42)31-18-11-17-30(25-31)40-26-39-34-21-7-8-22-35(34)40/h1-27H/q+1. The zero-order valence-corrected chi connectivity index (χ0v) is 22.9. The summed E-state index contributed by atoms with van der Waals surface area (Å²) in [7, 11) is 0. The second-order valence-corrected chi connectivity index (χ2v) is 10.4. The van der Waals surface area contributed by atoms with Crippen LogP contribution < -0.4 is 4.57 Å². The first-order valence-electron chi connectivity index (χ1n) is 14.1. The maximum atomic E-state index is 4.62. The Morgan fingerprint density at radius 1 is 0.476 bits per heavy atom. The number of aromatic nitrogens is 4. The molecule has 2 heterocycles. The Hall–Kier alpha value is -5.74. The largest absolute Gasteiger partial charge is 0.299 e. The summed E-state index contributed by atoms with van der Waals surface area (Å²) in [6.45, 7) is 0. The van der Waals surface area contributed by atoms with Gasteiger partial charge in [-0.15, -0.1) is 0 Å². The molecule has 0 unspecified atom stereocenters. The first-order valence-corrected chi connectivity index (χ1v) is 14.1. The number of benzene rings is 6. The topological polar surface area (TPSA) is 26.6 Å². The molecule has 0 atom stereocenters. The smallest absolute Gasteiger partial charge is 0.255 e. The van der Waals surface area contributed by atoms with E-state index in [1.165, 1.54) is 22.3 Å². The monoisotopic (exact) mass is 539 g/mol. The third-order valence-corrected chi connectivity index (χ3v) is 7.92. The van der Waals surface area contributed by atoms with Crippen molar-refractivity contribution in [2.45, 2.75) is 0 Å². The Balaban J connectivity index is 1.37. The van der Waals surface area contributed by atoms with Crippen molar-refractivity contribution in [2.24, 2.45) is 0 Å². The highest BCUT2D eigenvalue weighted by Crippen LogP contribution is 2.34. The van der Waals surface area contributed by atoms with Gasteiger partial charge in [0.1, 0.15) is 17.7 Å². The van der Waals surface area contributed by atoms with Crippen LogP contribution in [0.25, 0.3) is 61.4 Å². The van der Waals surface area contributed by atoms with Crippen LogP contribution in [0.15, 0.2) is 164 Å². The summed E-state index contributed by atoms with van der Waals surface area (Å²) < 4.78 is 6.78. The van der Waals surface area contributed by atoms with Crippen LogP contribution in [0.1, 0.15) is 0 Å². The van der Waals surface area contributed by atoms with Crippen LogP contribution in [0.4, 0.5) is 0 Å². The highest BCUT2D eigenvalue weighted by atomic mass is 15.1. The molecule has 0 radical (unpaired) electrons. The van der Waals surface area contributed by atoms with Crippen molar-refractivity contribution in [3.05, 3.63) is 164 Å². The summed E-state index contributed by atoms with van der Waals surface area (Å²) in [6.07, 6.45) is 4.13. The van der Waals surface area contributed by atoms with Crippen molar-refractivity contribution in [1.82, 2.24) is 14.1 Å². The van der Waals surface area contributed by atoms with E-state index < -0.39 is 0 Å². The fraction of sp³-hybridized carbons (Fsp3) is 0. The molecule has 8 rings (SSSR count). The van der Waals surface area contributed by atoms with Crippen LogP contribution >= 0.6 is 0 Å². The molecule has 0 N–H and O–H groups in total. The molecule has 4 nitrogen and oxygen atoms in total. The molecule has 0 amide bonds. The normalized spacial score (nSPS) is 11.3. The van der Waals surface area contributed by atoms with E-state index in [2.05, 4.69) is 165 Å². The third kappa shape index (κ3) is 4.01. The van der Waals surface area contributed by atoms with Crippen molar-refractivity contribution < 1.29 is 4.57 Å². The summed E-state index contributed by atoms with van der Waals surface area (Å²) in [6, 6.07) is 53.4. The van der Waals surface area contributed by atoms with E-state index in [-0.39, 0.29) is 0 Å². The number of hydrogen-bond acceptors (Lipinski definition) is 1. The summed E-state index contributed by atoms with van der Waals surface area (Å²) in [4.78, 5) is 4.62. The van der Waals surface area contributed by atoms with Crippen molar-refractivity contribution in [2.75, 3.05) is 0 Å². The van der Waals surface area contributed by atoms with Gasteiger partial charge in [0.15, 0.2) is 11.0 Å². The van der Waals surface area contributed by atoms with Gasteiger partial charge < -0.3 is 0 Å². The molecule has 0 saturated heterocycles. The van der Waals surface area contributed by atoms with Crippen molar-refractivity contribution in [3.63, 3.8) is 0 Å². The molecule has 0 fully saturated rings. The Labute approximate surface area is 244 Å². The quantitative estimate of drug-likeness (QED) is 0.201. The molecule has 2 aromatic heterocycles. The number of fused-ring (bicyclic) bond motifs is 2. The lowest BCUT2D eigenvalue weighted by Gasteiger charge is -2.13. The lowest BCUT2D eigenvalue weighted by molar-refractivity contribution is -0.566. The molecule has 0 aliphatic rings. The number of hydrogen-bond donors (Lipinski definition) is 0. The van der Waals surface area contributed by atoms with Gasteiger partial charge in [0.2, 0.25) is 0 Å². The molecule has 6 aromatic carbocycles. The van der Waals surface area contributed by atoms with E-state index in [1.54, 1.807) is 0 Å². The first kappa shape index (κ1) is 24.1. The summed E-state index contributed by atoms with van der Waals surface area (Å²) in [5.74, 6) is 0. The summed E-state index contributed by atoms with van der Waals surface area (Å²) >= 11 is 0. The van der Waals surface area contributed by atoms with Crippen LogP contribution in [-0.4, -0.2) is 14.1 Å². The molecule has 0 aliphatic carbocycles. The van der Waals surface area contributed by atoms with E-state index in [9.17, 15) is 0 Å². The lowest BCUT2D eigenvalue weighted by atomic mass is 9.95. The fourth-order valence-electron chi connectivity index (χ4n) is 5.96. The minimum atomic E-state index is 0.984. The van der Waals surface area contributed by atoms with Gasteiger partial charge in [-0.3, -0.25) is 4.57 Å². The van der Waals surface area contributed by atoms with Crippen LogP contribution in [0.2, 0.25) is 0 Å². The third-order valence-electron chi connectivity index (χ3n) is 7.92. The van der Waals surface area contributed by atoms with Crippen molar-refractivity contribution in [1.29, 1.82) is 0 Å². The van der Waals surface area contributed by atoms with Crippen LogP contribution in [-0.2, 0) is 0 Å². The first-order chi connectivity index (χ1) is 20.8. The molecule has 0 saturated carbocycles. The zero-order valence-electron chi connectivity index (χ0n) is 22.9. The van der Waals surface area contributed by atoms with Crippen LogP contribution in [0.3, 0.4) is 0 Å². The van der Waals surface area contributed by atoms with Gasteiger partial charge in [0, 0.05) is 17.2 Å². The van der Waals surface area contributed by atoms with Gasteiger partial charge in [-0.2, -0.15) is 9.13 Å². The molecule has 0 bridgehead atoms. The van der Waals surface area contributed by atoms with Gasteiger partial charge in [-0.25, -0.2) is 4.98 Å². The lowest BCUT2D eigenvalue weighted by Crippen LogP contribution is -2.30. The molecule has 0 aliphatic heterocycles. The molecule has 42 heavy (non-hydrogen) atoms. The van der Waals surface area contributed by atoms with Gasteiger partial charge in [0.25, 0.3) is 6.33 Å². The number of imidazole rings is 2. The second-order valence-electron chi connectivity index (χ2n) is 10.4. The molecule has 0 spiro atoms. The van der Waals surface area contributed by atoms with Crippen molar-refractivity contribution >= 4 is 22.1 Å². The average Bonchev–Trinajstić information content (AvgIpc) is 3.68. The molecular weight excluding hydrogens is 512 g/mol. The number of nitrogens with zero attached hydrogens (tertiary/aromatic N) is 4. The predicted molar refractivity (Wildman–Crippen MR) is 170 cm³/mol. The van der Waals surface area contributed by atoms with Gasteiger partial charge in [0.05, 0.1) is 16.7 Å². The van der Waals surface area contributed by atoms with E-state index in [0.717, 1.165) is 39.1 Å². The summed E-state index contributed by atoms with van der Waals surface area (Å²) in [5, 5.41) is 0. The molecular formula is C38H27N4+. The highest BCUT2D eigenvalue weighted by Gasteiger charge is 2.24. The second kappa shape index (κ2) is 10.0. The number of para-hydroxylation sites is 5. The minimum absolute atomic E-state index is 0.984. The summed E-state index contributed by atoms with van der Waals surface area (Å²) in [5.41, 5.74) is 12.4. The van der Waals surface area contributed by atoms with Gasteiger partial charge >= 0.3 is 0 Å². The fourth-order valence-corrected chi connectivity index (χ4v) is 5.96. The van der Waals surface area contributed by atoms with Gasteiger partial charge in [-0.05, 0) is 47.5 Å². The van der Waals surface area contributed by atoms with Gasteiger partial charge in [-0.1, -0.05) is 109 Å². The highest BCUT2D eigenvalue weighted by molar-refractivity contribution is 5.85. The zero-order chi connectivity index (χ0) is 27.9. The SMILES string of the molecule is c1ccc(-c2cccc(-c3ccccc3)c2-[n+]2cn(-c3cccc(-n4cnc5ccccc54)c3)c3ccccc32)cc1. The van der Waals surface area contributed by atoms with E-state index >= 15 is 0 Å². The Morgan fingerprint density at radius 3 is 1.76 bits per heavy atom. The van der Waals surface area contributed by atoms with E-state index in [1.807, 2.05) is 18.5 Å². The van der Waals surface area contributed by atoms with E-state index in [0.29, 0.717) is 0 Å². The Kier molecular flexibility index (Phi) is 5.75. The number of rotatable bonds is 5. The van der Waals surface area contributed by atoms with Crippen LogP contribution in [0.5, 0.6) is 0 Å². The predicted octanol–water partition coefficient (Wildman–Crippen LogP) is 8.58.